The van der Waals surface area contributed by atoms with Gasteiger partial charge in [-0.3, -0.25) is 24.7 Å². The molecule has 12 nitrogen and oxygen atoms in total. The van der Waals surface area contributed by atoms with Crippen molar-refractivity contribution >= 4 is 35.1 Å². The number of nitrogens with two attached hydrogens (primary N) is 1. The molecule has 41 heavy (non-hydrogen) atoms. The first kappa shape index (κ1) is 26.1. The van der Waals surface area contributed by atoms with Crippen molar-refractivity contribution in [3.05, 3.63) is 66.1 Å². The third-order valence-corrected chi connectivity index (χ3v) is 7.68. The molecule has 0 aliphatic carbocycles. The predicted octanol–water partition coefficient (Wildman–Crippen LogP) is 2.55. The molecule has 12 heteroatoms. The van der Waals surface area contributed by atoms with E-state index in [9.17, 15) is 19.2 Å². The second kappa shape index (κ2) is 10.5. The number of piperidine rings is 1. The average molecular weight is 553 g/mol. The molecule has 4 amide bonds. The van der Waals surface area contributed by atoms with E-state index in [1.54, 1.807) is 17.3 Å². The molecule has 1 aromatic carbocycles. The van der Waals surface area contributed by atoms with Gasteiger partial charge in [0.15, 0.2) is 11.4 Å². The maximum absolute atomic E-state index is 12.8. The minimum atomic E-state index is -0.863. The smallest absolute Gasteiger partial charge is 0.322 e. The van der Waals surface area contributed by atoms with Crippen molar-refractivity contribution in [2.45, 2.75) is 38.1 Å². The summed E-state index contributed by atoms with van der Waals surface area (Å²) in [5.41, 5.74) is 11.4. The Morgan fingerprint density at radius 2 is 1.78 bits per heavy atom. The van der Waals surface area contributed by atoms with E-state index in [1.807, 2.05) is 42.5 Å². The zero-order chi connectivity index (χ0) is 28.7. The Hall–Kier alpha value is -5.13. The molecule has 1 unspecified atom stereocenters. The van der Waals surface area contributed by atoms with Gasteiger partial charge < -0.3 is 16.0 Å². The number of likely N-dealkylation sites (tertiary alicyclic amines) is 1. The maximum atomic E-state index is 12.8. The van der Waals surface area contributed by atoms with E-state index in [2.05, 4.69) is 20.7 Å². The van der Waals surface area contributed by atoms with Gasteiger partial charge in [0.25, 0.3) is 5.91 Å². The third-order valence-electron chi connectivity index (χ3n) is 7.68. The molecule has 1 atom stereocenters. The number of ketones is 1. The van der Waals surface area contributed by atoms with Gasteiger partial charge in [0.2, 0.25) is 5.91 Å². The zero-order valence-electron chi connectivity index (χ0n) is 22.3. The molecular formula is C29H28N8O4. The summed E-state index contributed by atoms with van der Waals surface area (Å²) in [4.78, 5) is 60.0. The van der Waals surface area contributed by atoms with Crippen LogP contribution >= 0.6 is 0 Å². The monoisotopic (exact) mass is 552 g/mol. The van der Waals surface area contributed by atoms with E-state index >= 15 is 0 Å². The fourth-order valence-electron chi connectivity index (χ4n) is 5.53. The van der Waals surface area contributed by atoms with Crippen molar-refractivity contribution in [3.63, 3.8) is 0 Å². The number of Topliss-reactive ketones (excluding diaryl/α,β-unsaturated/α-hetero) is 1. The lowest BCUT2D eigenvalue weighted by Crippen LogP contribution is -2.42. The van der Waals surface area contributed by atoms with Gasteiger partial charge in [-0.15, -0.1) is 0 Å². The van der Waals surface area contributed by atoms with Crippen LogP contribution in [0, 0.1) is 0 Å². The quantitative estimate of drug-likeness (QED) is 0.243. The molecule has 208 valence electrons. The Kier molecular flexibility index (Phi) is 6.66. The Morgan fingerprint density at radius 1 is 1.02 bits per heavy atom. The molecule has 4 N–H and O–H groups in total. The van der Waals surface area contributed by atoms with Crippen LogP contribution in [0.15, 0.2) is 54.9 Å². The standard InChI is InChI=1S/C29H28N8O4/c1-16(38)24-25(18-9-11-36(12-10-18)23(39)13-22-28(40)35-29(41)33-22)34-27-20(15-32-37(27)26(24)30)19-7-8-21(31-14-19)17-5-3-2-4-6-17/h2-8,14-15,18,22H,9-13,30H2,1H3,(H2,33,35,40,41). The molecule has 4 aromatic rings. The van der Waals surface area contributed by atoms with Crippen LogP contribution in [-0.4, -0.2) is 67.2 Å². The van der Waals surface area contributed by atoms with Crippen molar-refractivity contribution in [2.24, 2.45) is 0 Å². The zero-order valence-corrected chi connectivity index (χ0v) is 22.3. The van der Waals surface area contributed by atoms with E-state index in [-0.39, 0.29) is 29.8 Å². The highest BCUT2D eigenvalue weighted by Crippen LogP contribution is 2.35. The lowest BCUT2D eigenvalue weighted by Gasteiger charge is -2.33. The highest BCUT2D eigenvalue weighted by atomic mass is 16.2. The van der Waals surface area contributed by atoms with Gasteiger partial charge >= 0.3 is 6.03 Å². The van der Waals surface area contributed by atoms with Gasteiger partial charge in [-0.05, 0) is 25.8 Å². The van der Waals surface area contributed by atoms with Crippen LogP contribution in [0.1, 0.15) is 48.2 Å². The summed E-state index contributed by atoms with van der Waals surface area (Å²) in [5.74, 6) is -0.816. The number of aromatic nitrogens is 4. The van der Waals surface area contributed by atoms with Crippen LogP contribution in [0.3, 0.4) is 0 Å². The number of nitrogens with one attached hydrogen (secondary N) is 2. The number of carbonyl (C=O) groups is 4. The van der Waals surface area contributed by atoms with Crippen LogP contribution < -0.4 is 16.4 Å². The molecule has 2 aliphatic heterocycles. The summed E-state index contributed by atoms with van der Waals surface area (Å²) in [7, 11) is 0. The van der Waals surface area contributed by atoms with Gasteiger partial charge in [-0.1, -0.05) is 36.4 Å². The molecule has 6 rings (SSSR count). The highest BCUT2D eigenvalue weighted by molar-refractivity contribution is 6.05. The molecule has 2 aliphatic rings. The predicted molar refractivity (Wildman–Crippen MR) is 150 cm³/mol. The number of fused-ring (bicyclic) bond motifs is 1. The molecule has 5 heterocycles. The van der Waals surface area contributed by atoms with E-state index in [0.29, 0.717) is 42.8 Å². The number of rotatable bonds is 6. The lowest BCUT2D eigenvalue weighted by atomic mass is 9.89. The molecule has 0 radical (unpaired) electrons. The first-order valence-corrected chi connectivity index (χ1v) is 13.4. The molecule has 0 bridgehead atoms. The van der Waals surface area contributed by atoms with Gasteiger partial charge in [0.05, 0.1) is 29.6 Å². The molecule has 3 aromatic heterocycles. The Labute approximate surface area is 235 Å². The number of nitrogen functional groups attached to an aromatic ring is 1. The second-order valence-corrected chi connectivity index (χ2v) is 10.3. The minimum Gasteiger partial charge on any atom is -0.383 e. The topological polar surface area (TPSA) is 165 Å². The van der Waals surface area contributed by atoms with Crippen LogP contribution in [0.5, 0.6) is 0 Å². The first-order chi connectivity index (χ1) is 19.8. The number of nitrogens with zero attached hydrogens (tertiary/aromatic N) is 5. The Bertz CT molecular complexity index is 1670. The summed E-state index contributed by atoms with van der Waals surface area (Å²) in [5, 5.41) is 9.03. The highest BCUT2D eigenvalue weighted by Gasteiger charge is 2.35. The first-order valence-electron chi connectivity index (χ1n) is 13.4. The van der Waals surface area contributed by atoms with Crippen LogP contribution in [0.4, 0.5) is 10.6 Å². The molecule has 0 saturated carbocycles. The van der Waals surface area contributed by atoms with E-state index < -0.39 is 18.0 Å². The number of hydrogen-bond acceptors (Lipinski definition) is 8. The van der Waals surface area contributed by atoms with Gasteiger partial charge in [-0.2, -0.15) is 9.61 Å². The normalized spacial score (nSPS) is 17.5. The largest absolute Gasteiger partial charge is 0.383 e. The number of benzene rings is 1. The molecular weight excluding hydrogens is 524 g/mol. The van der Waals surface area contributed by atoms with Crippen LogP contribution in [-0.2, 0) is 9.59 Å². The number of urea groups is 1. The fourth-order valence-corrected chi connectivity index (χ4v) is 5.53. The molecule has 0 spiro atoms. The van der Waals surface area contributed by atoms with Crippen molar-refractivity contribution < 1.29 is 19.2 Å². The van der Waals surface area contributed by atoms with Gasteiger partial charge in [-0.25, -0.2) is 9.78 Å². The maximum Gasteiger partial charge on any atom is 0.322 e. The summed E-state index contributed by atoms with van der Waals surface area (Å²) in [6.07, 6.45) is 4.47. The van der Waals surface area contributed by atoms with E-state index in [1.165, 1.54) is 11.4 Å². The lowest BCUT2D eigenvalue weighted by molar-refractivity contribution is -0.134. The fraction of sp³-hybridized carbons (Fsp3) is 0.276. The summed E-state index contributed by atoms with van der Waals surface area (Å²) in [6.45, 7) is 2.30. The van der Waals surface area contributed by atoms with Crippen molar-refractivity contribution in [2.75, 3.05) is 18.8 Å². The number of imide groups is 1. The third kappa shape index (κ3) is 4.88. The van der Waals surface area contributed by atoms with Crippen LogP contribution in [0.25, 0.3) is 28.0 Å². The summed E-state index contributed by atoms with van der Waals surface area (Å²) < 4.78 is 1.49. The minimum absolute atomic E-state index is 0.103. The molecule has 2 fully saturated rings. The summed E-state index contributed by atoms with van der Waals surface area (Å²) in [6, 6.07) is 12.3. The van der Waals surface area contributed by atoms with E-state index in [4.69, 9.17) is 10.7 Å². The average Bonchev–Trinajstić information content (AvgIpc) is 3.55. The number of hydrogen-bond donors (Lipinski definition) is 3. The Morgan fingerprint density at radius 3 is 2.41 bits per heavy atom. The Balaban J connectivity index is 1.26. The SMILES string of the molecule is CC(=O)c1c(C2CCN(C(=O)CC3NC(=O)NC3=O)CC2)nc2c(-c3ccc(-c4ccccc4)nc3)cnn2c1N. The molecule has 2 saturated heterocycles. The van der Waals surface area contributed by atoms with Crippen molar-refractivity contribution in [1.29, 1.82) is 0 Å². The second-order valence-electron chi connectivity index (χ2n) is 10.3. The number of pyridine rings is 1. The van der Waals surface area contributed by atoms with E-state index in [0.717, 1.165) is 22.4 Å². The summed E-state index contributed by atoms with van der Waals surface area (Å²) >= 11 is 0. The van der Waals surface area contributed by atoms with Gasteiger partial charge in [0.1, 0.15) is 11.9 Å². The number of amides is 4. The van der Waals surface area contributed by atoms with Crippen molar-refractivity contribution in [1.82, 2.24) is 35.1 Å². The van der Waals surface area contributed by atoms with Gasteiger partial charge in [0, 0.05) is 41.9 Å². The number of anilines is 1. The number of carbonyl (C=O) groups excluding carboxylic acids is 4. The van der Waals surface area contributed by atoms with Crippen molar-refractivity contribution in [3.8, 4) is 22.4 Å². The van der Waals surface area contributed by atoms with Crippen LogP contribution in [0.2, 0.25) is 0 Å².